The van der Waals surface area contributed by atoms with E-state index in [0.717, 1.165) is 5.56 Å². The number of hydrogen-bond donors (Lipinski definition) is 1. The average Bonchev–Trinajstić information content (AvgIpc) is 3.33. The fourth-order valence-electron chi connectivity index (χ4n) is 2.99. The summed E-state index contributed by atoms with van der Waals surface area (Å²) in [6.07, 6.45) is 3.26. The molecule has 146 valence electrons. The molecule has 3 aromatic heterocycles. The minimum absolute atomic E-state index is 0.272. The lowest BCUT2D eigenvalue weighted by Crippen LogP contribution is -2.23. The van der Waals surface area contributed by atoms with E-state index in [9.17, 15) is 9.59 Å². The molecule has 4 aromatic rings. The van der Waals surface area contributed by atoms with Crippen molar-refractivity contribution in [2.75, 3.05) is 6.61 Å². The largest absolute Gasteiger partial charge is 0.461 e. The number of rotatable bonds is 5. The number of ether oxygens (including phenoxy) is 1. The van der Waals surface area contributed by atoms with Crippen LogP contribution >= 0.6 is 11.3 Å². The van der Waals surface area contributed by atoms with Crippen molar-refractivity contribution in [3.8, 4) is 0 Å². The molecule has 0 saturated carbocycles. The molecule has 0 spiro atoms. The highest BCUT2D eigenvalue weighted by molar-refractivity contribution is 7.07. The van der Waals surface area contributed by atoms with Crippen LogP contribution in [0.4, 0.5) is 0 Å². The summed E-state index contributed by atoms with van der Waals surface area (Å²) >= 11 is 1.23. The summed E-state index contributed by atoms with van der Waals surface area (Å²) in [5, 5.41) is 2.38. The number of fused-ring (bicyclic) bond motifs is 1. The number of carbonyl (C=O) groups excluding carboxylic acids is 2. The van der Waals surface area contributed by atoms with Crippen molar-refractivity contribution in [3.63, 3.8) is 0 Å². The predicted molar refractivity (Wildman–Crippen MR) is 110 cm³/mol. The number of nitrogens with one attached hydrogen (secondary N) is 1. The summed E-state index contributed by atoms with van der Waals surface area (Å²) in [5.74, 6) is -0.840. The SMILES string of the molecule is CCOC(=O)c1cs/c(=N\C(=O)c2c[nH]c3ncccc23)n1Cc1ccccc1. The van der Waals surface area contributed by atoms with Crippen LogP contribution in [0.1, 0.15) is 33.3 Å². The number of esters is 1. The van der Waals surface area contributed by atoms with Gasteiger partial charge < -0.3 is 14.3 Å². The van der Waals surface area contributed by atoms with Gasteiger partial charge in [0.1, 0.15) is 11.3 Å². The third kappa shape index (κ3) is 3.88. The van der Waals surface area contributed by atoms with Gasteiger partial charge in [-0.05, 0) is 24.6 Å². The van der Waals surface area contributed by atoms with Crippen molar-refractivity contribution in [2.24, 2.45) is 4.99 Å². The molecular formula is C21H18N4O3S. The van der Waals surface area contributed by atoms with Gasteiger partial charge in [0.15, 0.2) is 4.80 Å². The Morgan fingerprint density at radius 3 is 2.83 bits per heavy atom. The molecule has 1 aromatic carbocycles. The first kappa shape index (κ1) is 18.8. The Labute approximate surface area is 170 Å². The molecular weight excluding hydrogens is 388 g/mol. The highest BCUT2D eigenvalue weighted by atomic mass is 32.1. The summed E-state index contributed by atoms with van der Waals surface area (Å²) in [5.41, 5.74) is 2.42. The van der Waals surface area contributed by atoms with Gasteiger partial charge in [-0.1, -0.05) is 30.3 Å². The number of nitrogens with zero attached hydrogens (tertiary/aromatic N) is 3. The van der Waals surface area contributed by atoms with Gasteiger partial charge in [0, 0.05) is 23.2 Å². The van der Waals surface area contributed by atoms with Crippen molar-refractivity contribution in [1.29, 1.82) is 0 Å². The zero-order valence-electron chi connectivity index (χ0n) is 15.7. The van der Waals surface area contributed by atoms with Gasteiger partial charge in [0.2, 0.25) is 0 Å². The molecule has 4 rings (SSSR count). The molecule has 8 heteroatoms. The number of amides is 1. The van der Waals surface area contributed by atoms with Crippen LogP contribution in [0.15, 0.2) is 65.2 Å². The standard InChI is InChI=1S/C21H18N4O3S/c1-2-28-20(27)17-13-29-21(25(17)12-14-7-4-3-5-8-14)24-19(26)16-11-23-18-15(16)9-6-10-22-18/h3-11,13H,2,12H2,1H3,(H,22,23)/b24-21-. The van der Waals surface area contributed by atoms with Gasteiger partial charge >= 0.3 is 5.97 Å². The Balaban J connectivity index is 1.78. The first-order valence-corrected chi connectivity index (χ1v) is 9.96. The molecule has 0 aliphatic carbocycles. The molecule has 0 saturated heterocycles. The summed E-state index contributed by atoms with van der Waals surface area (Å²) in [4.78, 5) is 37.2. The molecule has 1 N–H and O–H groups in total. The quantitative estimate of drug-likeness (QED) is 0.515. The third-order valence-corrected chi connectivity index (χ3v) is 5.21. The van der Waals surface area contributed by atoms with Crippen LogP contribution < -0.4 is 4.80 Å². The highest BCUT2D eigenvalue weighted by Crippen LogP contribution is 2.17. The molecule has 0 aliphatic rings. The lowest BCUT2D eigenvalue weighted by atomic mass is 10.2. The van der Waals surface area contributed by atoms with Crippen LogP contribution in [0.2, 0.25) is 0 Å². The zero-order valence-corrected chi connectivity index (χ0v) is 16.5. The van der Waals surface area contributed by atoms with Crippen LogP contribution in [0.5, 0.6) is 0 Å². The van der Waals surface area contributed by atoms with Crippen LogP contribution in [0.25, 0.3) is 11.0 Å². The minimum atomic E-state index is -0.440. The maximum absolute atomic E-state index is 12.9. The Kier molecular flexibility index (Phi) is 5.35. The number of carbonyl (C=O) groups is 2. The van der Waals surface area contributed by atoms with Crippen LogP contribution in [0, 0.1) is 0 Å². The number of aromatic nitrogens is 3. The minimum Gasteiger partial charge on any atom is -0.461 e. The highest BCUT2D eigenvalue weighted by Gasteiger charge is 2.17. The summed E-state index contributed by atoms with van der Waals surface area (Å²) in [6, 6.07) is 13.3. The van der Waals surface area contributed by atoms with E-state index in [4.69, 9.17) is 4.74 Å². The van der Waals surface area contributed by atoms with E-state index in [-0.39, 0.29) is 6.61 Å². The van der Waals surface area contributed by atoms with E-state index in [1.165, 1.54) is 11.3 Å². The number of thiazole rings is 1. The summed E-state index contributed by atoms with van der Waals surface area (Å²) in [7, 11) is 0. The van der Waals surface area contributed by atoms with E-state index in [0.29, 0.717) is 33.6 Å². The number of benzene rings is 1. The van der Waals surface area contributed by atoms with Gasteiger partial charge in [0.25, 0.3) is 5.91 Å². The number of aromatic amines is 1. The zero-order chi connectivity index (χ0) is 20.2. The first-order chi connectivity index (χ1) is 14.2. The maximum Gasteiger partial charge on any atom is 0.355 e. The van der Waals surface area contributed by atoms with E-state index >= 15 is 0 Å². The normalized spacial score (nSPS) is 11.7. The van der Waals surface area contributed by atoms with Gasteiger partial charge in [-0.25, -0.2) is 9.78 Å². The fourth-order valence-corrected chi connectivity index (χ4v) is 3.85. The smallest absolute Gasteiger partial charge is 0.355 e. The number of H-pyrrole nitrogens is 1. The lowest BCUT2D eigenvalue weighted by Gasteiger charge is -2.08. The molecule has 0 aliphatic heterocycles. The Bertz CT molecular complexity index is 1240. The second-order valence-corrected chi connectivity index (χ2v) is 7.05. The van der Waals surface area contributed by atoms with Crippen LogP contribution in [0.3, 0.4) is 0 Å². The van der Waals surface area contributed by atoms with E-state index in [1.54, 1.807) is 35.3 Å². The fraction of sp³-hybridized carbons (Fsp3) is 0.143. The Hall–Kier alpha value is -3.52. The van der Waals surface area contributed by atoms with Gasteiger partial charge in [-0.2, -0.15) is 4.99 Å². The predicted octanol–water partition coefficient (Wildman–Crippen LogP) is 3.39. The van der Waals surface area contributed by atoms with Crippen molar-refractivity contribution in [1.82, 2.24) is 14.5 Å². The molecule has 29 heavy (non-hydrogen) atoms. The maximum atomic E-state index is 12.9. The Morgan fingerprint density at radius 2 is 2.03 bits per heavy atom. The van der Waals surface area contributed by atoms with E-state index < -0.39 is 11.9 Å². The molecule has 1 amide bonds. The third-order valence-electron chi connectivity index (χ3n) is 4.34. The molecule has 3 heterocycles. The van der Waals surface area contributed by atoms with Crippen molar-refractivity contribution < 1.29 is 14.3 Å². The summed E-state index contributed by atoms with van der Waals surface area (Å²) < 4.78 is 6.87. The second-order valence-electron chi connectivity index (χ2n) is 6.21. The molecule has 7 nitrogen and oxygen atoms in total. The molecule has 0 fully saturated rings. The lowest BCUT2D eigenvalue weighted by molar-refractivity contribution is 0.0513. The second kappa shape index (κ2) is 8.24. The molecule has 0 bridgehead atoms. The molecule has 0 unspecified atom stereocenters. The number of pyridine rings is 1. The molecule has 0 radical (unpaired) electrons. The van der Waals surface area contributed by atoms with Gasteiger partial charge in [0.05, 0.1) is 18.7 Å². The van der Waals surface area contributed by atoms with E-state index in [1.807, 2.05) is 36.4 Å². The number of hydrogen-bond acceptors (Lipinski definition) is 5. The van der Waals surface area contributed by atoms with E-state index in [2.05, 4.69) is 15.0 Å². The first-order valence-electron chi connectivity index (χ1n) is 9.08. The van der Waals surface area contributed by atoms with Crippen molar-refractivity contribution in [2.45, 2.75) is 13.5 Å². The monoisotopic (exact) mass is 406 g/mol. The van der Waals surface area contributed by atoms with Crippen molar-refractivity contribution in [3.05, 3.63) is 81.9 Å². The Morgan fingerprint density at radius 1 is 1.21 bits per heavy atom. The summed E-state index contributed by atoms with van der Waals surface area (Å²) in [6.45, 7) is 2.43. The topological polar surface area (TPSA) is 89.3 Å². The van der Waals surface area contributed by atoms with Crippen LogP contribution in [-0.4, -0.2) is 33.0 Å². The van der Waals surface area contributed by atoms with Crippen LogP contribution in [-0.2, 0) is 11.3 Å². The average molecular weight is 406 g/mol. The van der Waals surface area contributed by atoms with Crippen molar-refractivity contribution >= 4 is 34.2 Å². The van der Waals surface area contributed by atoms with Gasteiger partial charge in [-0.3, -0.25) is 4.79 Å². The molecule has 0 atom stereocenters. The van der Waals surface area contributed by atoms with Gasteiger partial charge in [-0.15, -0.1) is 11.3 Å².